The topological polar surface area (TPSA) is 29.1 Å². The van der Waals surface area contributed by atoms with E-state index in [0.29, 0.717) is 19.3 Å². The lowest BCUT2D eigenvalue weighted by Gasteiger charge is -2.28. The van der Waals surface area contributed by atoms with Gasteiger partial charge in [-0.3, -0.25) is 4.79 Å². The molecule has 2 nitrogen and oxygen atoms in total. The van der Waals surface area contributed by atoms with Crippen LogP contribution in [0.25, 0.3) is 0 Å². The van der Waals surface area contributed by atoms with Gasteiger partial charge in [0.15, 0.2) is 0 Å². The lowest BCUT2D eigenvalue weighted by atomic mass is 9.92. The highest BCUT2D eigenvalue weighted by Crippen LogP contribution is 2.33. The van der Waals surface area contributed by atoms with E-state index in [4.69, 9.17) is 0 Å². The summed E-state index contributed by atoms with van der Waals surface area (Å²) in [4.78, 5) is 13.0. The number of hydrogen-bond acceptors (Lipinski definition) is 2. The third kappa shape index (κ3) is 4.27. The van der Waals surface area contributed by atoms with Crippen molar-refractivity contribution < 1.29 is 13.6 Å². The highest BCUT2D eigenvalue weighted by atomic mass is 32.1. The first-order valence-corrected chi connectivity index (χ1v) is 7.54. The summed E-state index contributed by atoms with van der Waals surface area (Å²) in [5.41, 5.74) is 1.22. The van der Waals surface area contributed by atoms with Crippen molar-refractivity contribution in [3.63, 3.8) is 0 Å². The van der Waals surface area contributed by atoms with E-state index in [1.807, 2.05) is 18.4 Å². The van der Waals surface area contributed by atoms with Crippen molar-refractivity contribution in [2.75, 3.05) is 0 Å². The Balaban J connectivity index is 1.72. The number of amides is 1. The van der Waals surface area contributed by atoms with Gasteiger partial charge in [-0.25, -0.2) is 8.78 Å². The fourth-order valence-corrected chi connectivity index (χ4v) is 3.28. The smallest absolute Gasteiger partial charge is 0.248 e. The number of aryl methyl sites for hydroxylation is 2. The van der Waals surface area contributed by atoms with Crippen molar-refractivity contribution >= 4 is 17.2 Å². The van der Waals surface area contributed by atoms with E-state index >= 15 is 0 Å². The Morgan fingerprint density at radius 3 is 2.74 bits per heavy atom. The molecule has 1 aromatic rings. The third-order valence-electron chi connectivity index (χ3n) is 3.63. The largest absolute Gasteiger partial charge is 0.353 e. The first-order chi connectivity index (χ1) is 8.96. The lowest BCUT2D eigenvalue weighted by Crippen LogP contribution is -2.40. The molecule has 106 valence electrons. The molecule has 0 atom stereocenters. The highest BCUT2D eigenvalue weighted by molar-refractivity contribution is 7.10. The second-order valence-electron chi connectivity index (χ2n) is 5.22. The number of thiophene rings is 1. The summed E-state index contributed by atoms with van der Waals surface area (Å²) >= 11 is 1.66. The first-order valence-electron chi connectivity index (χ1n) is 6.66. The molecule has 0 unspecified atom stereocenters. The van der Waals surface area contributed by atoms with Crippen molar-refractivity contribution in [3.8, 4) is 0 Å². The van der Waals surface area contributed by atoms with Gasteiger partial charge in [-0.15, -0.1) is 11.3 Å². The maximum atomic E-state index is 13.0. The van der Waals surface area contributed by atoms with E-state index < -0.39 is 5.92 Å². The van der Waals surface area contributed by atoms with Gasteiger partial charge in [0.1, 0.15) is 0 Å². The molecule has 1 amide bonds. The number of alkyl halides is 2. The maximum absolute atomic E-state index is 13.0. The molecule has 0 spiro atoms. The van der Waals surface area contributed by atoms with Crippen LogP contribution in [0.4, 0.5) is 8.78 Å². The Kier molecular flexibility index (Phi) is 4.55. The maximum Gasteiger partial charge on any atom is 0.248 e. The zero-order valence-corrected chi connectivity index (χ0v) is 11.9. The standard InChI is InChI=1S/C14H19F2NOS/c1-10-6-9-19-12(10)2-3-13(18)17-11-4-7-14(15,16)8-5-11/h6,9,11H,2-5,7-8H2,1H3,(H,17,18). The normalized spacial score (nSPS) is 19.3. The van der Waals surface area contributed by atoms with Gasteiger partial charge >= 0.3 is 0 Å². The molecule has 1 aliphatic rings. The second kappa shape index (κ2) is 5.99. The molecule has 1 fully saturated rings. The average molecular weight is 287 g/mol. The molecular weight excluding hydrogens is 268 g/mol. The molecule has 1 N–H and O–H groups in total. The van der Waals surface area contributed by atoms with Crippen LogP contribution >= 0.6 is 11.3 Å². The SMILES string of the molecule is Cc1ccsc1CCC(=O)NC1CCC(F)(F)CC1. The molecule has 0 saturated heterocycles. The molecule has 1 aliphatic carbocycles. The molecular formula is C14H19F2NOS. The van der Waals surface area contributed by atoms with Gasteiger partial charge in [-0.2, -0.15) is 0 Å². The van der Waals surface area contributed by atoms with Crippen LogP contribution in [0.5, 0.6) is 0 Å². The van der Waals surface area contributed by atoms with E-state index in [2.05, 4.69) is 5.32 Å². The molecule has 1 aromatic heterocycles. The van der Waals surface area contributed by atoms with Crippen LogP contribution in [-0.2, 0) is 11.2 Å². The van der Waals surface area contributed by atoms with Gasteiger partial charge in [0.2, 0.25) is 11.8 Å². The Bertz CT molecular complexity index is 434. The fraction of sp³-hybridized carbons (Fsp3) is 0.643. The number of carbonyl (C=O) groups is 1. The molecule has 0 bridgehead atoms. The van der Waals surface area contributed by atoms with Gasteiger partial charge in [0, 0.05) is 30.2 Å². The Morgan fingerprint density at radius 1 is 1.47 bits per heavy atom. The molecule has 0 radical (unpaired) electrons. The van der Waals surface area contributed by atoms with Crippen LogP contribution < -0.4 is 5.32 Å². The molecule has 5 heteroatoms. The summed E-state index contributed by atoms with van der Waals surface area (Å²) in [6, 6.07) is 1.97. The molecule has 1 heterocycles. The number of carbonyl (C=O) groups excluding carboxylic acids is 1. The number of halogens is 2. The minimum absolute atomic E-state index is 0.0250. The van der Waals surface area contributed by atoms with E-state index in [-0.39, 0.29) is 24.8 Å². The van der Waals surface area contributed by atoms with Crippen molar-refractivity contribution in [1.29, 1.82) is 0 Å². The molecule has 0 aromatic carbocycles. The van der Waals surface area contributed by atoms with Crippen molar-refractivity contribution in [2.45, 2.75) is 57.4 Å². The van der Waals surface area contributed by atoms with Gasteiger partial charge in [0.05, 0.1) is 0 Å². The zero-order chi connectivity index (χ0) is 13.9. The van der Waals surface area contributed by atoms with Crippen LogP contribution in [0, 0.1) is 6.92 Å². The van der Waals surface area contributed by atoms with Crippen molar-refractivity contribution in [3.05, 3.63) is 21.9 Å². The second-order valence-corrected chi connectivity index (χ2v) is 6.23. The zero-order valence-electron chi connectivity index (χ0n) is 11.0. The number of hydrogen-bond donors (Lipinski definition) is 1. The van der Waals surface area contributed by atoms with Crippen molar-refractivity contribution in [1.82, 2.24) is 5.32 Å². The highest BCUT2D eigenvalue weighted by Gasteiger charge is 2.35. The van der Waals surface area contributed by atoms with Crippen LogP contribution in [0.15, 0.2) is 11.4 Å². The molecule has 0 aliphatic heterocycles. The fourth-order valence-electron chi connectivity index (χ4n) is 2.37. The average Bonchev–Trinajstić information content (AvgIpc) is 2.75. The Hall–Kier alpha value is -0.970. The first kappa shape index (κ1) is 14.4. The van der Waals surface area contributed by atoms with Gasteiger partial charge < -0.3 is 5.32 Å². The molecule has 2 rings (SSSR count). The third-order valence-corrected chi connectivity index (χ3v) is 4.71. The number of nitrogens with one attached hydrogen (secondary N) is 1. The summed E-state index contributed by atoms with van der Waals surface area (Å²) in [6.07, 6.45) is 1.73. The Morgan fingerprint density at radius 2 is 2.16 bits per heavy atom. The monoisotopic (exact) mass is 287 g/mol. The summed E-state index contributed by atoms with van der Waals surface area (Å²) in [5.74, 6) is -2.56. The van der Waals surface area contributed by atoms with E-state index in [1.54, 1.807) is 11.3 Å². The predicted octanol–water partition coefficient (Wildman–Crippen LogP) is 3.68. The van der Waals surface area contributed by atoms with Crippen LogP contribution in [0.1, 0.15) is 42.5 Å². The van der Waals surface area contributed by atoms with Crippen LogP contribution in [-0.4, -0.2) is 17.9 Å². The summed E-state index contributed by atoms with van der Waals surface area (Å²) in [5, 5.41) is 4.89. The minimum atomic E-state index is -2.53. The predicted molar refractivity (Wildman–Crippen MR) is 72.7 cm³/mol. The van der Waals surface area contributed by atoms with Crippen LogP contribution in [0.3, 0.4) is 0 Å². The van der Waals surface area contributed by atoms with E-state index in [1.165, 1.54) is 10.4 Å². The summed E-state index contributed by atoms with van der Waals surface area (Å²) in [6.45, 7) is 2.03. The van der Waals surface area contributed by atoms with E-state index in [0.717, 1.165) is 6.42 Å². The number of rotatable bonds is 4. The Labute approximate surface area is 116 Å². The summed E-state index contributed by atoms with van der Waals surface area (Å²) in [7, 11) is 0. The summed E-state index contributed by atoms with van der Waals surface area (Å²) < 4.78 is 26.0. The van der Waals surface area contributed by atoms with Crippen molar-refractivity contribution in [2.24, 2.45) is 0 Å². The van der Waals surface area contributed by atoms with Gasteiger partial charge in [-0.1, -0.05) is 0 Å². The molecule has 1 saturated carbocycles. The molecule has 19 heavy (non-hydrogen) atoms. The lowest BCUT2D eigenvalue weighted by molar-refractivity contribution is -0.122. The van der Waals surface area contributed by atoms with E-state index in [9.17, 15) is 13.6 Å². The minimum Gasteiger partial charge on any atom is -0.353 e. The van der Waals surface area contributed by atoms with Crippen LogP contribution in [0.2, 0.25) is 0 Å². The quantitative estimate of drug-likeness (QED) is 0.899. The van der Waals surface area contributed by atoms with Gasteiger partial charge in [0.25, 0.3) is 0 Å². The van der Waals surface area contributed by atoms with Gasteiger partial charge in [-0.05, 0) is 43.2 Å².